The minimum Gasteiger partial charge on any atom is -0.493 e. The molecule has 0 saturated heterocycles. The fraction of sp³-hybridized carbons (Fsp3) is 0.333. The molecule has 0 heterocycles. The molecule has 0 saturated carbocycles. The lowest BCUT2D eigenvalue weighted by molar-refractivity contribution is -0.117. The van der Waals surface area contributed by atoms with E-state index in [1.54, 1.807) is 12.1 Å². The van der Waals surface area contributed by atoms with E-state index in [1.165, 1.54) is 20.3 Å². The maximum absolute atomic E-state index is 11.8. The van der Waals surface area contributed by atoms with Crippen LogP contribution in [0.15, 0.2) is 22.2 Å². The van der Waals surface area contributed by atoms with E-state index in [-0.39, 0.29) is 11.5 Å². The Morgan fingerprint density at radius 2 is 2.14 bits per heavy atom. The van der Waals surface area contributed by atoms with Crippen molar-refractivity contribution < 1.29 is 14.3 Å². The van der Waals surface area contributed by atoms with Gasteiger partial charge in [0.2, 0.25) is 0 Å². The topological polar surface area (TPSA) is 71.4 Å². The fourth-order valence-corrected chi connectivity index (χ4v) is 2.29. The highest BCUT2D eigenvalue weighted by molar-refractivity contribution is 9.10. The number of carbonyl (C=O) groups excluding carboxylic acids is 1. The average molecular weight is 353 g/mol. The number of rotatable bonds is 6. The smallest absolute Gasteiger partial charge is 0.261 e. The summed E-state index contributed by atoms with van der Waals surface area (Å²) in [5.74, 6) is 0.693. The van der Waals surface area contributed by atoms with E-state index in [0.717, 1.165) is 6.42 Å². The van der Waals surface area contributed by atoms with Crippen molar-refractivity contribution in [3.63, 3.8) is 0 Å². The number of nitrogens with one attached hydrogen (secondary N) is 1. The molecule has 0 radical (unpaired) electrons. The molecule has 0 unspecified atom stereocenters. The Balaban J connectivity index is 3.15. The molecule has 0 aromatic heterocycles. The van der Waals surface area contributed by atoms with Crippen molar-refractivity contribution in [1.82, 2.24) is 5.32 Å². The van der Waals surface area contributed by atoms with E-state index < -0.39 is 0 Å². The number of methoxy groups -OCH3 is 2. The molecular weight excluding hydrogens is 336 g/mol. The lowest BCUT2D eigenvalue weighted by Crippen LogP contribution is -2.25. The summed E-state index contributed by atoms with van der Waals surface area (Å²) in [6.45, 7) is 2.48. The van der Waals surface area contributed by atoms with E-state index in [2.05, 4.69) is 21.2 Å². The maximum atomic E-state index is 11.8. The molecular formula is C15H17BrN2O3. The maximum Gasteiger partial charge on any atom is 0.261 e. The highest BCUT2D eigenvalue weighted by atomic mass is 79.9. The monoisotopic (exact) mass is 352 g/mol. The van der Waals surface area contributed by atoms with Crippen LogP contribution in [0.4, 0.5) is 0 Å². The third-order valence-corrected chi connectivity index (χ3v) is 3.26. The summed E-state index contributed by atoms with van der Waals surface area (Å²) >= 11 is 3.37. The second-order valence-electron chi connectivity index (χ2n) is 4.16. The highest BCUT2D eigenvalue weighted by Gasteiger charge is 2.12. The molecule has 5 nitrogen and oxygen atoms in total. The number of ether oxygens (including phenoxy) is 2. The first-order valence-corrected chi connectivity index (χ1v) is 7.18. The molecule has 1 rings (SSSR count). The van der Waals surface area contributed by atoms with Gasteiger partial charge in [0.1, 0.15) is 11.6 Å². The van der Waals surface area contributed by atoms with Gasteiger partial charge in [-0.25, -0.2) is 0 Å². The summed E-state index contributed by atoms with van der Waals surface area (Å²) in [5.41, 5.74) is 0.713. The lowest BCUT2D eigenvalue weighted by atomic mass is 10.1. The minimum atomic E-state index is -0.384. The van der Waals surface area contributed by atoms with Crippen molar-refractivity contribution in [2.24, 2.45) is 0 Å². The first-order valence-electron chi connectivity index (χ1n) is 6.38. The standard InChI is InChI=1S/C15H17BrN2O3/c1-4-5-18-15(19)11(9-17)6-10-7-12(16)14(21-3)13(8-10)20-2/h6-8H,4-5H2,1-3H3,(H,18,19)/b11-6-. The summed E-state index contributed by atoms with van der Waals surface area (Å²) in [6, 6.07) is 5.36. The Bertz CT molecular complexity index is 591. The van der Waals surface area contributed by atoms with E-state index in [1.807, 2.05) is 13.0 Å². The van der Waals surface area contributed by atoms with Crippen LogP contribution >= 0.6 is 15.9 Å². The number of hydrogen-bond donors (Lipinski definition) is 1. The predicted molar refractivity (Wildman–Crippen MR) is 84.1 cm³/mol. The molecule has 1 aromatic rings. The zero-order valence-corrected chi connectivity index (χ0v) is 13.8. The number of nitrogens with zero attached hydrogens (tertiary/aromatic N) is 1. The van der Waals surface area contributed by atoms with Gasteiger partial charge in [0.15, 0.2) is 11.5 Å². The number of benzene rings is 1. The van der Waals surface area contributed by atoms with Crippen molar-refractivity contribution in [2.45, 2.75) is 13.3 Å². The molecule has 0 aliphatic rings. The third kappa shape index (κ3) is 4.50. The first-order chi connectivity index (χ1) is 10.1. The summed E-state index contributed by atoms with van der Waals surface area (Å²) in [7, 11) is 3.06. The Morgan fingerprint density at radius 1 is 1.43 bits per heavy atom. The molecule has 0 aliphatic carbocycles. The molecule has 0 aliphatic heterocycles. The van der Waals surface area contributed by atoms with Crippen LogP contribution in [0, 0.1) is 11.3 Å². The van der Waals surface area contributed by atoms with E-state index in [0.29, 0.717) is 28.1 Å². The molecule has 1 N–H and O–H groups in total. The van der Waals surface area contributed by atoms with Gasteiger partial charge in [0, 0.05) is 6.54 Å². The summed E-state index contributed by atoms with van der Waals surface area (Å²) in [6.07, 6.45) is 2.32. The van der Waals surface area contributed by atoms with Gasteiger partial charge in [-0.15, -0.1) is 0 Å². The van der Waals surface area contributed by atoms with Gasteiger partial charge < -0.3 is 14.8 Å². The second-order valence-corrected chi connectivity index (χ2v) is 5.02. The Morgan fingerprint density at radius 3 is 2.67 bits per heavy atom. The largest absolute Gasteiger partial charge is 0.493 e. The summed E-state index contributed by atoms with van der Waals surface area (Å²) in [4.78, 5) is 11.8. The molecule has 0 fully saturated rings. The van der Waals surface area contributed by atoms with Crippen LogP contribution in [0.2, 0.25) is 0 Å². The number of halogens is 1. The van der Waals surface area contributed by atoms with Crippen LogP contribution in [0.5, 0.6) is 11.5 Å². The summed E-state index contributed by atoms with van der Waals surface area (Å²) in [5, 5.41) is 11.8. The Hall–Kier alpha value is -2.00. The van der Waals surface area contributed by atoms with Gasteiger partial charge in [-0.05, 0) is 46.1 Å². The van der Waals surface area contributed by atoms with Crippen molar-refractivity contribution in [1.29, 1.82) is 5.26 Å². The van der Waals surface area contributed by atoms with Crippen LogP contribution in [-0.4, -0.2) is 26.7 Å². The Kier molecular flexibility index (Phi) is 6.76. The SMILES string of the molecule is CCCNC(=O)/C(C#N)=C\c1cc(Br)c(OC)c(OC)c1. The van der Waals surface area contributed by atoms with Crippen LogP contribution in [0.1, 0.15) is 18.9 Å². The van der Waals surface area contributed by atoms with Gasteiger partial charge in [-0.3, -0.25) is 4.79 Å². The van der Waals surface area contributed by atoms with Gasteiger partial charge in [0.05, 0.1) is 18.7 Å². The van der Waals surface area contributed by atoms with Gasteiger partial charge in [-0.2, -0.15) is 5.26 Å². The van der Waals surface area contributed by atoms with Crippen LogP contribution < -0.4 is 14.8 Å². The molecule has 1 aromatic carbocycles. The zero-order chi connectivity index (χ0) is 15.8. The molecule has 1 amide bonds. The fourth-order valence-electron chi connectivity index (χ4n) is 1.67. The van der Waals surface area contributed by atoms with E-state index >= 15 is 0 Å². The number of nitriles is 1. The van der Waals surface area contributed by atoms with Gasteiger partial charge in [-0.1, -0.05) is 6.92 Å². The zero-order valence-electron chi connectivity index (χ0n) is 12.2. The summed E-state index contributed by atoms with van der Waals surface area (Å²) < 4.78 is 11.1. The van der Waals surface area contributed by atoms with E-state index in [9.17, 15) is 4.79 Å². The van der Waals surface area contributed by atoms with Crippen LogP contribution in [0.3, 0.4) is 0 Å². The van der Waals surface area contributed by atoms with Crippen molar-refractivity contribution in [2.75, 3.05) is 20.8 Å². The van der Waals surface area contributed by atoms with Gasteiger partial charge in [0.25, 0.3) is 5.91 Å². The average Bonchev–Trinajstić information content (AvgIpc) is 2.49. The third-order valence-electron chi connectivity index (χ3n) is 2.67. The number of hydrogen-bond acceptors (Lipinski definition) is 4. The molecule has 0 spiro atoms. The quantitative estimate of drug-likeness (QED) is 0.631. The molecule has 6 heteroatoms. The molecule has 112 valence electrons. The molecule has 21 heavy (non-hydrogen) atoms. The highest BCUT2D eigenvalue weighted by Crippen LogP contribution is 2.36. The lowest BCUT2D eigenvalue weighted by Gasteiger charge is -2.10. The first kappa shape index (κ1) is 17.1. The second kappa shape index (κ2) is 8.32. The van der Waals surface area contributed by atoms with Crippen molar-refractivity contribution in [3.8, 4) is 17.6 Å². The molecule has 0 atom stereocenters. The Labute approximate surface area is 132 Å². The van der Waals surface area contributed by atoms with Gasteiger partial charge >= 0.3 is 0 Å². The van der Waals surface area contributed by atoms with Crippen molar-refractivity contribution in [3.05, 3.63) is 27.7 Å². The van der Waals surface area contributed by atoms with Crippen LogP contribution in [0.25, 0.3) is 6.08 Å². The van der Waals surface area contributed by atoms with Crippen molar-refractivity contribution >= 4 is 27.9 Å². The minimum absolute atomic E-state index is 0.0440. The molecule has 0 bridgehead atoms. The van der Waals surface area contributed by atoms with Crippen LogP contribution in [-0.2, 0) is 4.79 Å². The normalized spacial score (nSPS) is 10.7. The number of carbonyl (C=O) groups is 1. The van der Waals surface area contributed by atoms with E-state index in [4.69, 9.17) is 14.7 Å². The number of amides is 1. The predicted octanol–water partition coefficient (Wildman–Crippen LogP) is 2.90.